The second-order valence-corrected chi connectivity index (χ2v) is 10.4. The molecule has 7 nitrogen and oxygen atoms in total. The van der Waals surface area contributed by atoms with E-state index in [0.29, 0.717) is 25.1 Å². The topological polar surface area (TPSA) is 83.0 Å². The Morgan fingerprint density at radius 1 is 1.31 bits per heavy atom. The fraction of sp³-hybridized carbons (Fsp3) is 0.667. The van der Waals surface area contributed by atoms with Crippen molar-refractivity contribution in [1.82, 2.24) is 14.9 Å². The highest BCUT2D eigenvalue weighted by Gasteiger charge is 2.30. The molecule has 0 amide bonds. The SMILES string of the molecule is CCNC(=NCc1ccc(S(=O)(=O)NCC2CCCO2)cc1)N1CCC(C)(C)C1. The first-order valence-electron chi connectivity index (χ1n) is 10.5. The number of sulfonamides is 1. The van der Waals surface area contributed by atoms with Crippen LogP contribution in [-0.2, 0) is 21.3 Å². The van der Waals surface area contributed by atoms with E-state index in [1.54, 1.807) is 12.1 Å². The molecule has 29 heavy (non-hydrogen) atoms. The van der Waals surface area contributed by atoms with Crippen LogP contribution in [0.25, 0.3) is 0 Å². The molecule has 1 atom stereocenters. The number of rotatable bonds is 7. The van der Waals surface area contributed by atoms with Gasteiger partial charge in [-0.3, -0.25) is 0 Å². The lowest BCUT2D eigenvalue weighted by Crippen LogP contribution is -2.40. The van der Waals surface area contributed by atoms with E-state index in [4.69, 9.17) is 9.73 Å². The van der Waals surface area contributed by atoms with Gasteiger partial charge in [-0.15, -0.1) is 0 Å². The minimum Gasteiger partial charge on any atom is -0.377 e. The van der Waals surface area contributed by atoms with E-state index in [2.05, 4.69) is 35.7 Å². The fourth-order valence-electron chi connectivity index (χ4n) is 3.75. The second kappa shape index (κ2) is 9.45. The van der Waals surface area contributed by atoms with E-state index in [1.165, 1.54) is 0 Å². The molecule has 1 aromatic carbocycles. The minimum atomic E-state index is -3.52. The van der Waals surface area contributed by atoms with E-state index in [-0.39, 0.29) is 11.0 Å². The van der Waals surface area contributed by atoms with Gasteiger partial charge in [0.25, 0.3) is 0 Å². The van der Waals surface area contributed by atoms with E-state index >= 15 is 0 Å². The summed E-state index contributed by atoms with van der Waals surface area (Å²) in [6, 6.07) is 6.96. The highest BCUT2D eigenvalue weighted by Crippen LogP contribution is 2.28. The second-order valence-electron chi connectivity index (χ2n) is 8.64. The van der Waals surface area contributed by atoms with Gasteiger partial charge in [-0.05, 0) is 49.3 Å². The fourth-order valence-corrected chi connectivity index (χ4v) is 4.82. The Morgan fingerprint density at radius 3 is 2.66 bits per heavy atom. The summed E-state index contributed by atoms with van der Waals surface area (Å²) in [5, 5.41) is 3.37. The maximum atomic E-state index is 12.5. The van der Waals surface area contributed by atoms with Gasteiger partial charge in [0.05, 0.1) is 17.5 Å². The molecule has 0 spiro atoms. The molecule has 2 fully saturated rings. The zero-order valence-corrected chi connectivity index (χ0v) is 18.6. The lowest BCUT2D eigenvalue weighted by Gasteiger charge is -2.23. The maximum absolute atomic E-state index is 12.5. The number of ether oxygens (including phenoxy) is 1. The van der Waals surface area contributed by atoms with Crippen LogP contribution in [0, 0.1) is 5.41 Å². The van der Waals surface area contributed by atoms with Gasteiger partial charge in [-0.25, -0.2) is 18.1 Å². The number of nitrogens with one attached hydrogen (secondary N) is 2. The molecule has 0 aromatic heterocycles. The van der Waals surface area contributed by atoms with Crippen LogP contribution in [-0.4, -0.2) is 58.2 Å². The first-order valence-corrected chi connectivity index (χ1v) is 12.0. The Labute approximate surface area is 175 Å². The third-order valence-electron chi connectivity index (χ3n) is 5.48. The number of nitrogens with zero attached hydrogens (tertiary/aromatic N) is 2. The summed E-state index contributed by atoms with van der Waals surface area (Å²) >= 11 is 0. The highest BCUT2D eigenvalue weighted by molar-refractivity contribution is 7.89. The summed E-state index contributed by atoms with van der Waals surface area (Å²) in [5.41, 5.74) is 1.29. The van der Waals surface area contributed by atoms with Crippen molar-refractivity contribution in [3.05, 3.63) is 29.8 Å². The van der Waals surface area contributed by atoms with Gasteiger partial charge in [0.2, 0.25) is 10.0 Å². The van der Waals surface area contributed by atoms with Crippen LogP contribution in [0.4, 0.5) is 0 Å². The molecule has 1 unspecified atom stereocenters. The van der Waals surface area contributed by atoms with Crippen molar-refractivity contribution >= 4 is 16.0 Å². The van der Waals surface area contributed by atoms with Crippen LogP contribution in [0.1, 0.15) is 45.6 Å². The number of guanidine groups is 1. The maximum Gasteiger partial charge on any atom is 0.240 e. The predicted molar refractivity (Wildman–Crippen MR) is 115 cm³/mol. The first kappa shape index (κ1) is 22.1. The molecule has 3 rings (SSSR count). The standard InChI is InChI=1S/C21H34N4O3S/c1-4-22-20(25-12-11-21(2,3)16-25)23-14-17-7-9-19(10-8-17)29(26,27)24-15-18-6-5-13-28-18/h7-10,18,24H,4-6,11-16H2,1-3H3,(H,22,23). The number of hydrogen-bond donors (Lipinski definition) is 2. The molecule has 162 valence electrons. The lowest BCUT2D eigenvalue weighted by molar-refractivity contribution is 0.114. The number of benzene rings is 1. The van der Waals surface area contributed by atoms with Gasteiger partial charge in [0.1, 0.15) is 0 Å². The Hall–Kier alpha value is -1.64. The minimum absolute atomic E-state index is 0.0153. The van der Waals surface area contributed by atoms with E-state index < -0.39 is 10.0 Å². The third kappa shape index (κ3) is 6.17. The Balaban J connectivity index is 1.60. The van der Waals surface area contributed by atoms with Crippen molar-refractivity contribution in [2.45, 2.75) is 57.6 Å². The molecular formula is C21H34N4O3S. The average Bonchev–Trinajstić information content (AvgIpc) is 3.33. The molecule has 2 heterocycles. The highest BCUT2D eigenvalue weighted by atomic mass is 32.2. The first-order chi connectivity index (χ1) is 13.8. The lowest BCUT2D eigenvalue weighted by atomic mass is 9.93. The summed E-state index contributed by atoms with van der Waals surface area (Å²) in [7, 11) is -3.52. The molecule has 2 aliphatic rings. The van der Waals surface area contributed by atoms with Crippen LogP contribution in [0.15, 0.2) is 34.2 Å². The molecule has 2 saturated heterocycles. The van der Waals surface area contributed by atoms with E-state index in [1.807, 2.05) is 12.1 Å². The van der Waals surface area contributed by atoms with Crippen LogP contribution in [0.5, 0.6) is 0 Å². The van der Waals surface area contributed by atoms with Crippen LogP contribution >= 0.6 is 0 Å². The van der Waals surface area contributed by atoms with Crippen LogP contribution < -0.4 is 10.0 Å². The number of hydrogen-bond acceptors (Lipinski definition) is 4. The van der Waals surface area contributed by atoms with Crippen LogP contribution in [0.3, 0.4) is 0 Å². The number of aliphatic imine (C=N–C) groups is 1. The van der Waals surface area contributed by atoms with Gasteiger partial charge in [0.15, 0.2) is 5.96 Å². The molecule has 8 heteroatoms. The van der Waals surface area contributed by atoms with E-state index in [9.17, 15) is 8.42 Å². The summed E-state index contributed by atoms with van der Waals surface area (Å²) in [4.78, 5) is 7.34. The van der Waals surface area contributed by atoms with Gasteiger partial charge in [-0.2, -0.15) is 0 Å². The van der Waals surface area contributed by atoms with Crippen molar-refractivity contribution in [2.75, 3.05) is 32.8 Å². The zero-order valence-electron chi connectivity index (χ0n) is 17.8. The summed E-state index contributed by atoms with van der Waals surface area (Å²) < 4.78 is 33.1. The normalized spacial score (nSPS) is 22.2. The Morgan fingerprint density at radius 2 is 2.07 bits per heavy atom. The molecule has 0 radical (unpaired) electrons. The molecule has 0 aliphatic carbocycles. The van der Waals surface area contributed by atoms with E-state index in [0.717, 1.165) is 50.4 Å². The predicted octanol–water partition coefficient (Wildman–Crippen LogP) is 2.34. The van der Waals surface area contributed by atoms with Crippen molar-refractivity contribution in [2.24, 2.45) is 10.4 Å². The molecule has 1 aromatic rings. The molecule has 2 N–H and O–H groups in total. The van der Waals surface area contributed by atoms with Gasteiger partial charge >= 0.3 is 0 Å². The Kier molecular flexibility index (Phi) is 7.19. The monoisotopic (exact) mass is 422 g/mol. The summed E-state index contributed by atoms with van der Waals surface area (Å²) in [6.07, 6.45) is 3.04. The smallest absolute Gasteiger partial charge is 0.240 e. The molecule has 0 saturated carbocycles. The van der Waals surface area contributed by atoms with Crippen molar-refractivity contribution in [3.63, 3.8) is 0 Å². The Bertz CT molecular complexity index is 800. The summed E-state index contributed by atoms with van der Waals surface area (Å²) in [6.45, 7) is 11.0. The quantitative estimate of drug-likeness (QED) is 0.521. The third-order valence-corrected chi connectivity index (χ3v) is 6.92. The molecular weight excluding hydrogens is 388 g/mol. The zero-order chi connectivity index (χ0) is 20.9. The summed E-state index contributed by atoms with van der Waals surface area (Å²) in [5.74, 6) is 0.924. The molecule has 2 aliphatic heterocycles. The van der Waals surface area contributed by atoms with Crippen molar-refractivity contribution < 1.29 is 13.2 Å². The average molecular weight is 423 g/mol. The van der Waals surface area contributed by atoms with Gasteiger partial charge in [-0.1, -0.05) is 26.0 Å². The van der Waals surface area contributed by atoms with Crippen LogP contribution in [0.2, 0.25) is 0 Å². The van der Waals surface area contributed by atoms with Crippen molar-refractivity contribution in [1.29, 1.82) is 0 Å². The number of likely N-dealkylation sites (tertiary alicyclic amines) is 1. The van der Waals surface area contributed by atoms with Crippen molar-refractivity contribution in [3.8, 4) is 0 Å². The largest absolute Gasteiger partial charge is 0.377 e. The van der Waals surface area contributed by atoms with Gasteiger partial charge < -0.3 is 15.0 Å². The molecule has 0 bridgehead atoms. The van der Waals surface area contributed by atoms with Gasteiger partial charge in [0, 0.05) is 32.8 Å².